The summed E-state index contributed by atoms with van der Waals surface area (Å²) in [5.74, 6) is 0.534. The van der Waals surface area contributed by atoms with E-state index in [4.69, 9.17) is 0 Å². The van der Waals surface area contributed by atoms with Crippen molar-refractivity contribution in [2.24, 2.45) is 9.98 Å². The number of nitrogens with zero attached hydrogens (tertiary/aromatic N) is 2. The van der Waals surface area contributed by atoms with Crippen molar-refractivity contribution < 1.29 is 27.0 Å². The van der Waals surface area contributed by atoms with Gasteiger partial charge in [-0.1, -0.05) is 37.1 Å². The molecule has 0 heterocycles. The zero-order valence-electron chi connectivity index (χ0n) is 14.1. The van der Waals surface area contributed by atoms with Crippen molar-refractivity contribution >= 4 is 12.4 Å². The van der Waals surface area contributed by atoms with Crippen LogP contribution in [0.3, 0.4) is 0 Å². The Balaban J connectivity index is 0.00000312. The molecule has 0 saturated carbocycles. The Hall–Kier alpha value is -2.11. The second kappa shape index (κ2) is 12.3. The molecule has 0 bridgehead atoms. The maximum absolute atomic E-state index is 9.61. The number of hydrogen-bond acceptors (Lipinski definition) is 4. The Morgan fingerprint density at radius 3 is 1.44 bits per heavy atom. The molecule has 0 aliphatic heterocycles. The van der Waals surface area contributed by atoms with Crippen molar-refractivity contribution in [2.45, 2.75) is 25.7 Å². The molecule has 0 unspecified atom stereocenters. The van der Waals surface area contributed by atoms with Gasteiger partial charge in [-0.05, 0) is 37.1 Å². The molecule has 2 aromatic carbocycles. The van der Waals surface area contributed by atoms with Crippen LogP contribution in [-0.4, -0.2) is 35.7 Å². The van der Waals surface area contributed by atoms with Crippen LogP contribution < -0.4 is 0 Å². The third-order valence-corrected chi connectivity index (χ3v) is 3.66. The summed E-state index contributed by atoms with van der Waals surface area (Å²) in [6.07, 6.45) is 7.76. The van der Waals surface area contributed by atoms with Gasteiger partial charge in [-0.3, -0.25) is 9.98 Å². The number of benzene rings is 2. The first-order valence-electron chi connectivity index (χ1n) is 8.33. The molecule has 4 nitrogen and oxygen atoms in total. The summed E-state index contributed by atoms with van der Waals surface area (Å²) in [6, 6.07) is 14.4. The molecule has 2 N–H and O–H groups in total. The largest absolute Gasteiger partial charge is 0.507 e. The number of phenolic OH excluding ortho intramolecular Hbond substituents is 2. The monoisotopic (exact) mass is 383 g/mol. The molecular weight excluding hydrogens is 359 g/mol. The van der Waals surface area contributed by atoms with Gasteiger partial charge in [0.2, 0.25) is 0 Å². The molecule has 0 spiro atoms. The average molecular weight is 383 g/mol. The molecule has 5 heteroatoms. The molecule has 0 saturated heterocycles. The fourth-order valence-electron chi connectivity index (χ4n) is 2.28. The van der Waals surface area contributed by atoms with Crippen molar-refractivity contribution in [3.05, 3.63) is 59.7 Å². The molecule has 25 heavy (non-hydrogen) atoms. The second-order valence-electron chi connectivity index (χ2n) is 5.60. The summed E-state index contributed by atoms with van der Waals surface area (Å²) < 4.78 is 0. The minimum absolute atomic E-state index is 0. The van der Waals surface area contributed by atoms with E-state index < -0.39 is 0 Å². The van der Waals surface area contributed by atoms with Gasteiger partial charge in [0.25, 0.3) is 0 Å². The third kappa shape index (κ3) is 8.00. The standard InChI is InChI=1S/C20H24N2O2.Co/c23-19-11-5-3-9-17(19)15-21-13-7-1-2-8-14-22-16-18-10-4-6-12-20(18)24;/h3-6,9-12,15-16,23-24H,1-2,7-8,13-14H2;. The first-order valence-corrected chi connectivity index (χ1v) is 8.33. The van der Waals surface area contributed by atoms with Gasteiger partial charge in [0, 0.05) is 53.4 Å². The van der Waals surface area contributed by atoms with Crippen LogP contribution in [0.15, 0.2) is 58.5 Å². The molecule has 0 aromatic heterocycles. The first-order chi connectivity index (χ1) is 11.8. The predicted octanol–water partition coefficient (Wildman–Crippen LogP) is 4.19. The van der Waals surface area contributed by atoms with E-state index in [2.05, 4.69) is 9.98 Å². The van der Waals surface area contributed by atoms with Gasteiger partial charge in [0.1, 0.15) is 11.5 Å². The van der Waals surface area contributed by atoms with Gasteiger partial charge < -0.3 is 10.2 Å². The van der Waals surface area contributed by atoms with E-state index >= 15 is 0 Å². The fraction of sp³-hybridized carbons (Fsp3) is 0.300. The van der Waals surface area contributed by atoms with Gasteiger partial charge in [-0.25, -0.2) is 0 Å². The van der Waals surface area contributed by atoms with Crippen LogP contribution in [0.1, 0.15) is 36.8 Å². The van der Waals surface area contributed by atoms with Crippen LogP contribution in [0, 0.1) is 0 Å². The van der Waals surface area contributed by atoms with E-state index in [1.165, 1.54) is 0 Å². The summed E-state index contributed by atoms with van der Waals surface area (Å²) in [6.45, 7) is 1.55. The predicted molar refractivity (Wildman–Crippen MR) is 99.6 cm³/mol. The van der Waals surface area contributed by atoms with E-state index in [9.17, 15) is 10.2 Å². The van der Waals surface area contributed by atoms with Gasteiger partial charge >= 0.3 is 0 Å². The molecular formula is C20H24CoN2O2. The molecule has 0 amide bonds. The number of hydrogen-bond donors (Lipinski definition) is 2. The summed E-state index contributed by atoms with van der Waals surface area (Å²) in [5.41, 5.74) is 1.52. The normalized spacial score (nSPS) is 11.0. The maximum atomic E-state index is 9.61. The summed E-state index contributed by atoms with van der Waals surface area (Å²) in [4.78, 5) is 8.69. The van der Waals surface area contributed by atoms with Crippen molar-refractivity contribution in [2.75, 3.05) is 13.1 Å². The molecule has 0 fully saturated rings. The number of aromatic hydroxyl groups is 2. The number of phenols is 2. The first kappa shape index (κ1) is 20.9. The second-order valence-corrected chi connectivity index (χ2v) is 5.60. The average Bonchev–Trinajstić information content (AvgIpc) is 2.59. The zero-order chi connectivity index (χ0) is 17.0. The van der Waals surface area contributed by atoms with Gasteiger partial charge in [-0.15, -0.1) is 0 Å². The Kier molecular flexibility index (Phi) is 10.3. The van der Waals surface area contributed by atoms with Gasteiger partial charge in [0.05, 0.1) is 0 Å². The number of rotatable bonds is 9. The number of para-hydroxylation sites is 2. The minimum atomic E-state index is 0. The van der Waals surface area contributed by atoms with Crippen molar-refractivity contribution in [1.29, 1.82) is 0 Å². The van der Waals surface area contributed by atoms with Crippen molar-refractivity contribution in [1.82, 2.24) is 0 Å². The van der Waals surface area contributed by atoms with Gasteiger partial charge in [-0.2, -0.15) is 0 Å². The Labute approximate surface area is 159 Å². The Bertz CT molecular complexity index is 627. The van der Waals surface area contributed by atoms with Crippen LogP contribution in [0.2, 0.25) is 0 Å². The minimum Gasteiger partial charge on any atom is -0.507 e. The van der Waals surface area contributed by atoms with Crippen molar-refractivity contribution in [3.63, 3.8) is 0 Å². The van der Waals surface area contributed by atoms with E-state index in [1.54, 1.807) is 36.7 Å². The van der Waals surface area contributed by atoms with Gasteiger partial charge in [0.15, 0.2) is 0 Å². The van der Waals surface area contributed by atoms with Crippen LogP contribution in [-0.2, 0) is 16.8 Å². The molecule has 2 rings (SSSR count). The van der Waals surface area contributed by atoms with E-state index in [1.807, 2.05) is 24.3 Å². The smallest absolute Gasteiger partial charge is 0.124 e. The topological polar surface area (TPSA) is 65.2 Å². The molecule has 0 aliphatic carbocycles. The Morgan fingerprint density at radius 1 is 0.640 bits per heavy atom. The maximum Gasteiger partial charge on any atom is 0.124 e. The SMILES string of the molecule is Oc1ccccc1C=NCCCCCCN=Cc1ccccc1O.[Co]. The molecule has 1 radical (unpaired) electrons. The molecule has 0 aliphatic rings. The van der Waals surface area contributed by atoms with E-state index in [-0.39, 0.29) is 28.3 Å². The van der Waals surface area contributed by atoms with Crippen LogP contribution in [0.4, 0.5) is 0 Å². The summed E-state index contributed by atoms with van der Waals surface area (Å²) in [5, 5.41) is 19.2. The van der Waals surface area contributed by atoms with E-state index in [0.29, 0.717) is 0 Å². The quantitative estimate of drug-likeness (QED) is 0.504. The zero-order valence-corrected chi connectivity index (χ0v) is 15.2. The molecule has 2 aromatic rings. The van der Waals surface area contributed by atoms with Crippen molar-refractivity contribution in [3.8, 4) is 11.5 Å². The van der Waals surface area contributed by atoms with Crippen LogP contribution in [0.25, 0.3) is 0 Å². The van der Waals surface area contributed by atoms with Crippen LogP contribution in [0.5, 0.6) is 11.5 Å². The van der Waals surface area contributed by atoms with Crippen LogP contribution >= 0.6 is 0 Å². The summed E-state index contributed by atoms with van der Waals surface area (Å²) >= 11 is 0. The van der Waals surface area contributed by atoms with E-state index in [0.717, 1.165) is 49.9 Å². The third-order valence-electron chi connectivity index (χ3n) is 3.66. The molecule has 0 atom stereocenters. The fourth-order valence-corrected chi connectivity index (χ4v) is 2.28. The Morgan fingerprint density at radius 2 is 1.04 bits per heavy atom. The summed E-state index contributed by atoms with van der Waals surface area (Å²) in [7, 11) is 0. The molecule has 135 valence electrons. The number of unbranched alkanes of at least 4 members (excludes halogenated alkanes) is 3. The number of aliphatic imine (C=N–C) groups is 2.